The standard InChI is InChI=1S/C26H29NO4/c1-3-17-9-11-18(12-10-17)23-22(24(28)19-13-15-21(16-14-19)31-4-2)25(29)26(30)27(23)20-7-5-6-8-20/h9-16,20,23,28H,3-8H2,1-2H3/b24-22-. The first-order valence-electron chi connectivity index (χ1n) is 11.2. The average Bonchev–Trinajstić information content (AvgIpc) is 3.41. The summed E-state index contributed by atoms with van der Waals surface area (Å²) in [6, 6.07) is 14.4. The number of amides is 1. The molecular formula is C26H29NO4. The molecule has 1 saturated carbocycles. The zero-order valence-electron chi connectivity index (χ0n) is 18.1. The van der Waals surface area contributed by atoms with E-state index in [1.807, 2.05) is 31.2 Å². The monoisotopic (exact) mass is 419 g/mol. The van der Waals surface area contributed by atoms with Crippen molar-refractivity contribution in [2.45, 2.75) is 58.0 Å². The number of aliphatic hydroxyl groups excluding tert-OH is 1. The Morgan fingerprint density at radius 1 is 1.00 bits per heavy atom. The van der Waals surface area contributed by atoms with Crippen LogP contribution >= 0.6 is 0 Å². The Bertz CT molecular complexity index is 985. The molecule has 0 bridgehead atoms. The molecule has 1 atom stereocenters. The maximum Gasteiger partial charge on any atom is 0.295 e. The van der Waals surface area contributed by atoms with Crippen molar-refractivity contribution in [1.82, 2.24) is 4.90 Å². The molecule has 2 aromatic carbocycles. The number of benzene rings is 2. The van der Waals surface area contributed by atoms with Crippen molar-refractivity contribution in [2.24, 2.45) is 0 Å². The van der Waals surface area contributed by atoms with Crippen molar-refractivity contribution in [3.63, 3.8) is 0 Å². The lowest BCUT2D eigenvalue weighted by Gasteiger charge is -2.30. The highest BCUT2D eigenvalue weighted by Crippen LogP contribution is 2.43. The quantitative estimate of drug-likeness (QED) is 0.406. The van der Waals surface area contributed by atoms with E-state index in [2.05, 4.69) is 6.92 Å². The first-order valence-corrected chi connectivity index (χ1v) is 11.2. The minimum atomic E-state index is -0.608. The average molecular weight is 420 g/mol. The van der Waals surface area contributed by atoms with Crippen LogP contribution in [0.25, 0.3) is 5.76 Å². The molecule has 0 aromatic heterocycles. The predicted molar refractivity (Wildman–Crippen MR) is 120 cm³/mol. The number of likely N-dealkylation sites (tertiary alicyclic amines) is 1. The molecule has 1 aliphatic heterocycles. The van der Waals surface area contributed by atoms with E-state index < -0.39 is 17.7 Å². The third kappa shape index (κ3) is 3.97. The third-order valence-electron chi connectivity index (χ3n) is 6.34. The van der Waals surface area contributed by atoms with Gasteiger partial charge in [-0.1, -0.05) is 44.0 Å². The van der Waals surface area contributed by atoms with Gasteiger partial charge < -0.3 is 14.7 Å². The zero-order chi connectivity index (χ0) is 22.0. The lowest BCUT2D eigenvalue weighted by molar-refractivity contribution is -0.141. The fourth-order valence-electron chi connectivity index (χ4n) is 4.70. The van der Waals surface area contributed by atoms with Gasteiger partial charge >= 0.3 is 0 Å². The molecule has 1 unspecified atom stereocenters. The van der Waals surface area contributed by atoms with Crippen LogP contribution in [0.1, 0.15) is 62.3 Å². The van der Waals surface area contributed by atoms with Crippen molar-refractivity contribution in [3.8, 4) is 5.75 Å². The molecule has 31 heavy (non-hydrogen) atoms. The summed E-state index contributed by atoms with van der Waals surface area (Å²) in [7, 11) is 0. The molecule has 1 aliphatic carbocycles. The molecule has 0 spiro atoms. The number of rotatable bonds is 6. The van der Waals surface area contributed by atoms with E-state index in [-0.39, 0.29) is 17.4 Å². The van der Waals surface area contributed by atoms with Gasteiger partial charge in [0.25, 0.3) is 11.7 Å². The number of nitrogens with zero attached hydrogens (tertiary/aromatic N) is 1. The summed E-state index contributed by atoms with van der Waals surface area (Å²) in [5.41, 5.74) is 2.72. The molecule has 5 nitrogen and oxygen atoms in total. The normalized spacial score (nSPS) is 21.1. The number of aryl methyl sites for hydroxylation is 1. The molecule has 2 aromatic rings. The summed E-state index contributed by atoms with van der Waals surface area (Å²) < 4.78 is 5.47. The minimum absolute atomic E-state index is 0.0259. The van der Waals surface area contributed by atoms with Crippen molar-refractivity contribution in [1.29, 1.82) is 0 Å². The van der Waals surface area contributed by atoms with Gasteiger partial charge in [0.1, 0.15) is 11.5 Å². The molecule has 5 heteroatoms. The fourth-order valence-corrected chi connectivity index (χ4v) is 4.70. The number of hydrogen-bond donors (Lipinski definition) is 1. The number of ether oxygens (including phenoxy) is 1. The van der Waals surface area contributed by atoms with Crippen LogP contribution in [0.3, 0.4) is 0 Å². The van der Waals surface area contributed by atoms with Crippen LogP contribution in [-0.4, -0.2) is 34.3 Å². The Morgan fingerprint density at radius 2 is 1.65 bits per heavy atom. The number of hydrogen-bond acceptors (Lipinski definition) is 4. The summed E-state index contributed by atoms with van der Waals surface area (Å²) in [6.07, 6.45) is 4.79. The zero-order valence-corrected chi connectivity index (χ0v) is 18.1. The smallest absolute Gasteiger partial charge is 0.295 e. The number of carbonyl (C=O) groups is 2. The highest BCUT2D eigenvalue weighted by molar-refractivity contribution is 6.46. The van der Waals surface area contributed by atoms with E-state index in [0.717, 1.165) is 37.7 Å². The maximum absolute atomic E-state index is 13.1. The largest absolute Gasteiger partial charge is 0.507 e. The van der Waals surface area contributed by atoms with Crippen molar-refractivity contribution in [2.75, 3.05) is 6.61 Å². The van der Waals surface area contributed by atoms with Gasteiger partial charge in [0.2, 0.25) is 0 Å². The van der Waals surface area contributed by atoms with Gasteiger partial charge in [-0.25, -0.2) is 0 Å². The van der Waals surface area contributed by atoms with E-state index in [1.54, 1.807) is 29.2 Å². The van der Waals surface area contributed by atoms with Gasteiger partial charge in [-0.2, -0.15) is 0 Å². The molecule has 1 saturated heterocycles. The summed E-state index contributed by atoms with van der Waals surface area (Å²) in [6.45, 7) is 4.54. The van der Waals surface area contributed by atoms with E-state index >= 15 is 0 Å². The van der Waals surface area contributed by atoms with Gasteiger partial charge in [0, 0.05) is 11.6 Å². The Kier molecular flexibility index (Phi) is 6.12. The fraction of sp³-hybridized carbons (Fsp3) is 0.385. The molecule has 1 heterocycles. The van der Waals surface area contributed by atoms with E-state index in [0.29, 0.717) is 17.9 Å². The third-order valence-corrected chi connectivity index (χ3v) is 6.34. The number of Topliss-reactive ketones (excluding diaryl/α,β-unsaturated/α-hetero) is 1. The minimum Gasteiger partial charge on any atom is -0.507 e. The molecule has 0 radical (unpaired) electrons. The van der Waals surface area contributed by atoms with Crippen LogP contribution in [0, 0.1) is 0 Å². The second-order valence-corrected chi connectivity index (χ2v) is 8.20. The molecule has 162 valence electrons. The van der Waals surface area contributed by atoms with E-state index in [4.69, 9.17) is 4.74 Å². The number of carbonyl (C=O) groups excluding carboxylic acids is 2. The molecular weight excluding hydrogens is 390 g/mol. The SMILES string of the molecule is CCOc1ccc(/C(O)=C2/C(=O)C(=O)N(C3CCCC3)C2c2ccc(CC)cc2)cc1. The first kappa shape index (κ1) is 21.2. The van der Waals surface area contributed by atoms with Crippen molar-refractivity contribution in [3.05, 3.63) is 70.8 Å². The summed E-state index contributed by atoms with van der Waals surface area (Å²) in [5.74, 6) is -0.560. The highest BCUT2D eigenvalue weighted by atomic mass is 16.5. The molecule has 1 amide bonds. The molecule has 1 N–H and O–H groups in total. The topological polar surface area (TPSA) is 66.8 Å². The van der Waals surface area contributed by atoms with E-state index in [1.165, 1.54) is 5.56 Å². The summed E-state index contributed by atoms with van der Waals surface area (Å²) in [4.78, 5) is 27.9. The van der Waals surface area contributed by atoms with Crippen LogP contribution in [-0.2, 0) is 16.0 Å². The molecule has 2 aliphatic rings. The Hall–Kier alpha value is -3.08. The van der Waals surface area contributed by atoms with Gasteiger partial charge in [-0.15, -0.1) is 0 Å². The van der Waals surface area contributed by atoms with Gasteiger partial charge in [-0.3, -0.25) is 9.59 Å². The van der Waals surface area contributed by atoms with Gasteiger partial charge in [-0.05, 0) is 61.6 Å². The van der Waals surface area contributed by atoms with Crippen LogP contribution in [0.4, 0.5) is 0 Å². The number of ketones is 1. The Morgan fingerprint density at radius 3 is 2.23 bits per heavy atom. The van der Waals surface area contributed by atoms with Crippen LogP contribution < -0.4 is 4.74 Å². The second-order valence-electron chi connectivity index (χ2n) is 8.20. The second kappa shape index (κ2) is 8.96. The van der Waals surface area contributed by atoms with Crippen molar-refractivity contribution >= 4 is 17.4 Å². The number of aliphatic hydroxyl groups is 1. The molecule has 2 fully saturated rings. The Balaban J connectivity index is 1.81. The lowest BCUT2D eigenvalue weighted by Crippen LogP contribution is -2.37. The lowest BCUT2D eigenvalue weighted by atomic mass is 9.94. The predicted octanol–water partition coefficient (Wildman–Crippen LogP) is 5.01. The Labute approximate surface area is 183 Å². The highest BCUT2D eigenvalue weighted by Gasteiger charge is 2.49. The first-order chi connectivity index (χ1) is 15.0. The maximum atomic E-state index is 13.1. The summed E-state index contributed by atoms with van der Waals surface area (Å²) >= 11 is 0. The van der Waals surface area contributed by atoms with Crippen LogP contribution in [0.5, 0.6) is 5.75 Å². The molecule has 4 rings (SSSR count). The van der Waals surface area contributed by atoms with E-state index in [9.17, 15) is 14.7 Å². The van der Waals surface area contributed by atoms with Gasteiger partial charge in [0.15, 0.2) is 0 Å². The van der Waals surface area contributed by atoms with Gasteiger partial charge in [0.05, 0.1) is 18.2 Å². The van der Waals surface area contributed by atoms with Crippen molar-refractivity contribution < 1.29 is 19.4 Å². The van der Waals surface area contributed by atoms with Crippen LogP contribution in [0.15, 0.2) is 54.1 Å². The van der Waals surface area contributed by atoms with Crippen LogP contribution in [0.2, 0.25) is 0 Å². The summed E-state index contributed by atoms with van der Waals surface area (Å²) in [5, 5.41) is 11.2.